The molecule has 0 saturated carbocycles. The minimum atomic E-state index is -0.827. The lowest BCUT2D eigenvalue weighted by Crippen LogP contribution is -2.16. The van der Waals surface area contributed by atoms with Gasteiger partial charge >= 0.3 is 5.97 Å². The molecule has 2 atom stereocenters. The molecule has 1 fully saturated rings. The van der Waals surface area contributed by atoms with Crippen LogP contribution in [0.5, 0.6) is 0 Å². The molecule has 0 radical (unpaired) electrons. The van der Waals surface area contributed by atoms with Gasteiger partial charge in [-0.15, -0.1) is 11.8 Å². The van der Waals surface area contributed by atoms with Crippen LogP contribution in [0.3, 0.4) is 0 Å². The molecule has 1 rings (SSSR count). The summed E-state index contributed by atoms with van der Waals surface area (Å²) < 4.78 is 13.2. The Hall–Kier alpha value is -0.290. The predicted octanol–water partition coefficient (Wildman–Crippen LogP) is 0.704. The minimum Gasteiger partial charge on any atom is -0.481 e. The van der Waals surface area contributed by atoms with Gasteiger partial charge in [-0.05, 0) is 7.05 Å². The zero-order chi connectivity index (χ0) is 9.84. The van der Waals surface area contributed by atoms with Crippen LogP contribution in [0.15, 0.2) is 0 Å². The first-order valence-electron chi connectivity index (χ1n) is 4.21. The van der Waals surface area contributed by atoms with Gasteiger partial charge in [-0.3, -0.25) is 4.79 Å². The van der Waals surface area contributed by atoms with Gasteiger partial charge in [0.15, 0.2) is 0 Å². The average molecular weight is 207 g/mol. The number of hydrogen-bond acceptors (Lipinski definition) is 3. The Morgan fingerprint density at radius 1 is 1.69 bits per heavy atom. The molecule has 0 bridgehead atoms. The van der Waals surface area contributed by atoms with Crippen LogP contribution in [0.2, 0.25) is 0 Å². The van der Waals surface area contributed by atoms with Crippen molar-refractivity contribution in [3.8, 4) is 0 Å². The maximum atomic E-state index is 13.2. The summed E-state index contributed by atoms with van der Waals surface area (Å²) >= 11 is 1.30. The van der Waals surface area contributed by atoms with E-state index in [1.54, 1.807) is 0 Å². The Morgan fingerprint density at radius 2 is 2.38 bits per heavy atom. The van der Waals surface area contributed by atoms with Gasteiger partial charge in [0.2, 0.25) is 0 Å². The lowest BCUT2D eigenvalue weighted by atomic mass is 10.1. The molecule has 1 aliphatic rings. The summed E-state index contributed by atoms with van der Waals surface area (Å²) in [5.41, 5.74) is 0. The standard InChI is InChI=1S/C8H14FNO2S/c1-10-2-6(7(9)3-10)4-13-5-8(11)12/h6-7H,2-5H2,1H3,(H,11,12). The van der Waals surface area contributed by atoms with Crippen molar-refractivity contribution in [1.82, 2.24) is 4.90 Å². The second-order valence-corrected chi connectivity index (χ2v) is 4.44. The first kappa shape index (κ1) is 10.8. The van der Waals surface area contributed by atoms with Crippen LogP contribution in [-0.2, 0) is 4.79 Å². The number of hydrogen-bond donors (Lipinski definition) is 1. The molecule has 0 spiro atoms. The average Bonchev–Trinajstić information content (AvgIpc) is 2.29. The molecular weight excluding hydrogens is 193 g/mol. The molecule has 76 valence electrons. The molecule has 3 nitrogen and oxygen atoms in total. The van der Waals surface area contributed by atoms with Crippen molar-refractivity contribution in [3.63, 3.8) is 0 Å². The van der Waals surface area contributed by atoms with Crippen LogP contribution in [0.4, 0.5) is 4.39 Å². The Morgan fingerprint density at radius 3 is 2.85 bits per heavy atom. The molecule has 0 aromatic rings. The van der Waals surface area contributed by atoms with Crippen LogP contribution in [0.1, 0.15) is 0 Å². The van der Waals surface area contributed by atoms with Gasteiger partial charge in [-0.1, -0.05) is 0 Å². The summed E-state index contributed by atoms with van der Waals surface area (Å²) in [4.78, 5) is 12.1. The van der Waals surface area contributed by atoms with Gasteiger partial charge in [0.05, 0.1) is 5.75 Å². The highest BCUT2D eigenvalue weighted by molar-refractivity contribution is 7.99. The molecule has 0 aromatic heterocycles. The number of rotatable bonds is 4. The Bertz CT molecular complexity index is 191. The highest BCUT2D eigenvalue weighted by Gasteiger charge is 2.30. The normalized spacial score (nSPS) is 29.4. The van der Waals surface area contributed by atoms with Crippen LogP contribution in [-0.4, -0.2) is 53.8 Å². The SMILES string of the molecule is CN1CC(F)C(CSCC(=O)O)C1. The maximum Gasteiger partial charge on any atom is 0.313 e. The predicted molar refractivity (Wildman–Crippen MR) is 50.8 cm³/mol. The van der Waals surface area contributed by atoms with E-state index in [-0.39, 0.29) is 11.7 Å². The second-order valence-electron chi connectivity index (χ2n) is 3.41. The van der Waals surface area contributed by atoms with E-state index < -0.39 is 12.1 Å². The lowest BCUT2D eigenvalue weighted by molar-refractivity contribution is -0.133. The van der Waals surface area contributed by atoms with Crippen molar-refractivity contribution in [2.45, 2.75) is 6.17 Å². The lowest BCUT2D eigenvalue weighted by Gasteiger charge is -2.09. The van der Waals surface area contributed by atoms with E-state index in [0.29, 0.717) is 12.3 Å². The van der Waals surface area contributed by atoms with E-state index in [1.807, 2.05) is 11.9 Å². The van der Waals surface area contributed by atoms with Crippen molar-refractivity contribution < 1.29 is 14.3 Å². The summed E-state index contributed by atoms with van der Waals surface area (Å²) in [5.74, 6) is -0.133. The monoisotopic (exact) mass is 207 g/mol. The van der Waals surface area contributed by atoms with Crippen molar-refractivity contribution in [2.24, 2.45) is 5.92 Å². The molecule has 1 saturated heterocycles. The zero-order valence-corrected chi connectivity index (χ0v) is 8.39. The molecule has 0 aromatic carbocycles. The number of nitrogens with zero attached hydrogens (tertiary/aromatic N) is 1. The third kappa shape index (κ3) is 3.52. The number of aliphatic carboxylic acids is 1. The highest BCUT2D eigenvalue weighted by Crippen LogP contribution is 2.22. The largest absolute Gasteiger partial charge is 0.481 e. The Balaban J connectivity index is 2.18. The highest BCUT2D eigenvalue weighted by atomic mass is 32.2. The molecule has 1 N–H and O–H groups in total. The Labute approximate surface area is 81.3 Å². The second kappa shape index (κ2) is 4.81. The van der Waals surface area contributed by atoms with E-state index in [2.05, 4.69) is 0 Å². The molecule has 1 aliphatic heterocycles. The van der Waals surface area contributed by atoms with Crippen LogP contribution in [0.25, 0.3) is 0 Å². The number of halogens is 1. The summed E-state index contributed by atoms with van der Waals surface area (Å²) in [6, 6.07) is 0. The van der Waals surface area contributed by atoms with E-state index in [0.717, 1.165) is 6.54 Å². The summed E-state index contributed by atoms with van der Waals surface area (Å²) in [6.45, 7) is 1.23. The fraction of sp³-hybridized carbons (Fsp3) is 0.875. The van der Waals surface area contributed by atoms with E-state index in [1.165, 1.54) is 11.8 Å². The number of carboxylic acids is 1. The van der Waals surface area contributed by atoms with Crippen molar-refractivity contribution >= 4 is 17.7 Å². The van der Waals surface area contributed by atoms with Crippen molar-refractivity contribution in [2.75, 3.05) is 31.6 Å². The van der Waals surface area contributed by atoms with E-state index in [9.17, 15) is 9.18 Å². The fourth-order valence-corrected chi connectivity index (χ4v) is 2.40. The number of carbonyl (C=O) groups is 1. The van der Waals surface area contributed by atoms with Crippen LogP contribution < -0.4 is 0 Å². The molecule has 13 heavy (non-hydrogen) atoms. The first-order chi connectivity index (χ1) is 6.09. The van der Waals surface area contributed by atoms with Crippen LogP contribution in [0, 0.1) is 5.92 Å². The molecule has 0 aliphatic carbocycles. The minimum absolute atomic E-state index is 0.00866. The third-order valence-corrected chi connectivity index (χ3v) is 3.22. The molecule has 5 heteroatoms. The van der Waals surface area contributed by atoms with Crippen molar-refractivity contribution in [1.29, 1.82) is 0 Å². The number of alkyl halides is 1. The van der Waals surface area contributed by atoms with E-state index in [4.69, 9.17) is 5.11 Å². The molecule has 1 heterocycles. The van der Waals surface area contributed by atoms with E-state index >= 15 is 0 Å². The maximum absolute atomic E-state index is 13.2. The van der Waals surface area contributed by atoms with Gasteiger partial charge in [0, 0.05) is 24.8 Å². The molecule has 0 amide bonds. The van der Waals surface area contributed by atoms with Crippen LogP contribution >= 0.6 is 11.8 Å². The molecular formula is C8H14FNO2S. The fourth-order valence-electron chi connectivity index (χ4n) is 1.49. The smallest absolute Gasteiger partial charge is 0.313 e. The number of thioether (sulfide) groups is 1. The van der Waals surface area contributed by atoms with Gasteiger partial charge < -0.3 is 10.0 Å². The Kier molecular flexibility index (Phi) is 3.99. The third-order valence-electron chi connectivity index (χ3n) is 2.10. The molecule has 2 unspecified atom stereocenters. The van der Waals surface area contributed by atoms with Gasteiger partial charge in [-0.25, -0.2) is 4.39 Å². The van der Waals surface area contributed by atoms with Crippen molar-refractivity contribution in [3.05, 3.63) is 0 Å². The van der Waals surface area contributed by atoms with Gasteiger partial charge in [0.1, 0.15) is 6.17 Å². The summed E-state index contributed by atoms with van der Waals surface area (Å²) in [7, 11) is 1.88. The van der Waals surface area contributed by atoms with Gasteiger partial charge in [0.25, 0.3) is 0 Å². The van der Waals surface area contributed by atoms with Gasteiger partial charge in [-0.2, -0.15) is 0 Å². The quantitative estimate of drug-likeness (QED) is 0.737. The first-order valence-corrected chi connectivity index (χ1v) is 5.37. The number of likely N-dealkylation sites (tertiary alicyclic amines) is 1. The summed E-state index contributed by atoms with van der Waals surface area (Å²) in [6.07, 6.45) is -0.786. The topological polar surface area (TPSA) is 40.5 Å². The number of carboxylic acid groups (broad SMARTS) is 1. The zero-order valence-electron chi connectivity index (χ0n) is 7.57. The summed E-state index contributed by atoms with van der Waals surface area (Å²) in [5, 5.41) is 8.38.